The Morgan fingerprint density at radius 3 is 2.07 bits per heavy atom. The highest BCUT2D eigenvalue weighted by atomic mass is 16.7. The molecule has 14 atom stereocenters. The van der Waals surface area contributed by atoms with Crippen LogP contribution in [0.1, 0.15) is 102 Å². The van der Waals surface area contributed by atoms with Gasteiger partial charge in [-0.3, -0.25) is 4.79 Å². The van der Waals surface area contributed by atoms with Gasteiger partial charge >= 0.3 is 5.97 Å². The zero-order valence-electron chi connectivity index (χ0n) is 30.0. The molecule has 10 nitrogen and oxygen atoms in total. The first-order valence-electron chi connectivity index (χ1n) is 16.5. The fraction of sp³-hybridized carbons (Fsp3) is 0.971. The number of carbonyl (C=O) groups excluding carboxylic acids is 1. The van der Waals surface area contributed by atoms with Crippen LogP contribution in [0.25, 0.3) is 0 Å². The Hall–Kier alpha value is -0.850. The number of likely N-dealkylation sites (N-methyl/N-ethyl adjacent to an activating group) is 1. The number of aliphatic hydroxyl groups is 4. The van der Waals surface area contributed by atoms with E-state index >= 15 is 0 Å². The number of methoxy groups -OCH3 is 1. The van der Waals surface area contributed by atoms with Crippen molar-refractivity contribution in [2.45, 2.75) is 162 Å². The van der Waals surface area contributed by atoms with E-state index in [4.69, 9.17) is 18.9 Å². The first-order valence-corrected chi connectivity index (χ1v) is 16.5. The Labute approximate surface area is 266 Å². The third-order valence-electron chi connectivity index (χ3n) is 10.7. The van der Waals surface area contributed by atoms with Crippen LogP contribution < -0.4 is 0 Å². The van der Waals surface area contributed by atoms with Crippen LogP contribution in [0.15, 0.2) is 0 Å². The molecule has 0 bridgehead atoms. The number of hydrogen-bond acceptors (Lipinski definition) is 10. The summed E-state index contributed by atoms with van der Waals surface area (Å²) in [5.74, 6) is -2.03. The molecule has 0 radical (unpaired) electrons. The van der Waals surface area contributed by atoms with Crippen molar-refractivity contribution in [1.82, 2.24) is 4.90 Å². The maximum Gasteiger partial charge on any atom is 0.311 e. The molecule has 4 N–H and O–H groups in total. The highest BCUT2D eigenvalue weighted by Crippen LogP contribution is 2.47. The Balaban J connectivity index is 2.68. The molecular weight excluding hydrogens is 566 g/mol. The smallest absolute Gasteiger partial charge is 0.311 e. The summed E-state index contributed by atoms with van der Waals surface area (Å²) >= 11 is 0. The largest absolute Gasteiger partial charge is 0.459 e. The van der Waals surface area contributed by atoms with E-state index in [2.05, 4.69) is 27.7 Å². The maximum atomic E-state index is 14.0. The van der Waals surface area contributed by atoms with Crippen molar-refractivity contribution < 1.29 is 44.2 Å². The number of cyclic esters (lactones) is 1. The lowest BCUT2D eigenvalue weighted by Crippen LogP contribution is -2.59. The highest BCUT2D eigenvalue weighted by Gasteiger charge is 2.52. The van der Waals surface area contributed by atoms with E-state index in [-0.39, 0.29) is 29.6 Å². The van der Waals surface area contributed by atoms with Crippen molar-refractivity contribution in [2.75, 3.05) is 20.7 Å². The molecule has 2 heterocycles. The summed E-state index contributed by atoms with van der Waals surface area (Å²) in [5.41, 5.74) is -4.18. The minimum absolute atomic E-state index is 0.0415. The number of nitrogens with zero attached hydrogens (tertiary/aromatic N) is 1. The van der Waals surface area contributed by atoms with Gasteiger partial charge in [0.25, 0.3) is 0 Å². The average molecular weight is 632 g/mol. The van der Waals surface area contributed by atoms with Crippen LogP contribution in [0.5, 0.6) is 0 Å². The molecule has 0 aliphatic carbocycles. The standard InChI is InChI=1S/C34H65NO9/c1-15-24-34(12,40)28(36)22(5)35(13)18-19(2)16-32(10,39)27(31(7,8)9)20(3)26(21(4)30(38)43-24)44-25-17-33(11,41-14)29(37)23(6)42-25/h19-29,36-37,39-40H,15-18H2,1-14H3/t19-,20+,21-,22-,23+,24-,25+,26+,27?,28-,29+,32-,33-,34-/m1/s1. The number of carbonyl (C=O) groups is 1. The van der Waals surface area contributed by atoms with Crippen LogP contribution in [0, 0.1) is 29.1 Å². The van der Waals surface area contributed by atoms with Gasteiger partial charge in [0.2, 0.25) is 0 Å². The molecule has 0 saturated carbocycles. The molecule has 0 aromatic carbocycles. The van der Waals surface area contributed by atoms with E-state index in [1.807, 2.05) is 46.6 Å². The third kappa shape index (κ3) is 8.54. The molecule has 2 saturated heterocycles. The predicted molar refractivity (Wildman–Crippen MR) is 170 cm³/mol. The fourth-order valence-electron chi connectivity index (χ4n) is 8.42. The van der Waals surface area contributed by atoms with E-state index in [1.165, 1.54) is 6.92 Å². The summed E-state index contributed by atoms with van der Waals surface area (Å²) in [4.78, 5) is 15.9. The number of aliphatic hydroxyl groups excluding tert-OH is 2. The fourth-order valence-corrected chi connectivity index (χ4v) is 8.42. The van der Waals surface area contributed by atoms with Crippen molar-refractivity contribution in [2.24, 2.45) is 29.1 Å². The molecule has 2 fully saturated rings. The summed E-state index contributed by atoms with van der Waals surface area (Å²) in [6.07, 6.45) is -4.19. The Morgan fingerprint density at radius 2 is 1.57 bits per heavy atom. The second-order valence-electron chi connectivity index (χ2n) is 15.9. The number of hydrogen-bond donors (Lipinski definition) is 4. The van der Waals surface area contributed by atoms with Crippen molar-refractivity contribution >= 4 is 5.97 Å². The average Bonchev–Trinajstić information content (AvgIpc) is 2.89. The van der Waals surface area contributed by atoms with Gasteiger partial charge in [0.15, 0.2) is 6.29 Å². The molecule has 260 valence electrons. The molecule has 0 aromatic rings. The van der Waals surface area contributed by atoms with Gasteiger partial charge in [0, 0.05) is 26.1 Å². The lowest BCUT2D eigenvalue weighted by molar-refractivity contribution is -0.299. The number of esters is 1. The zero-order valence-corrected chi connectivity index (χ0v) is 30.0. The molecular formula is C34H65NO9. The van der Waals surface area contributed by atoms with Gasteiger partial charge in [-0.2, -0.15) is 0 Å². The molecule has 44 heavy (non-hydrogen) atoms. The molecule has 2 rings (SSSR count). The first kappa shape index (κ1) is 39.3. The first-order chi connectivity index (χ1) is 19.9. The van der Waals surface area contributed by atoms with E-state index in [9.17, 15) is 25.2 Å². The Bertz CT molecular complexity index is 936. The topological polar surface area (TPSA) is 138 Å². The summed E-state index contributed by atoms with van der Waals surface area (Å²) in [5, 5.41) is 46.0. The van der Waals surface area contributed by atoms with E-state index in [1.54, 1.807) is 21.0 Å². The highest BCUT2D eigenvalue weighted by molar-refractivity contribution is 5.73. The van der Waals surface area contributed by atoms with Gasteiger partial charge in [-0.15, -0.1) is 0 Å². The summed E-state index contributed by atoms with van der Waals surface area (Å²) in [6, 6.07) is -0.447. The minimum Gasteiger partial charge on any atom is -0.459 e. The van der Waals surface area contributed by atoms with Crippen molar-refractivity contribution in [1.29, 1.82) is 0 Å². The van der Waals surface area contributed by atoms with Gasteiger partial charge in [-0.05, 0) is 84.6 Å². The van der Waals surface area contributed by atoms with E-state index in [0.29, 0.717) is 19.4 Å². The van der Waals surface area contributed by atoms with Gasteiger partial charge in [-0.1, -0.05) is 41.5 Å². The van der Waals surface area contributed by atoms with Crippen LogP contribution in [0.4, 0.5) is 0 Å². The zero-order chi connectivity index (χ0) is 34.2. The van der Waals surface area contributed by atoms with Crippen LogP contribution in [-0.2, 0) is 23.7 Å². The summed E-state index contributed by atoms with van der Waals surface area (Å²) < 4.78 is 24.5. The minimum atomic E-state index is -1.72. The van der Waals surface area contributed by atoms with Gasteiger partial charge in [-0.25, -0.2) is 0 Å². The Morgan fingerprint density at radius 1 is 1.00 bits per heavy atom. The summed E-state index contributed by atoms with van der Waals surface area (Å²) in [7, 11) is 3.44. The van der Waals surface area contributed by atoms with Gasteiger partial charge < -0.3 is 44.3 Å². The lowest BCUT2D eigenvalue weighted by Gasteiger charge is -2.50. The second kappa shape index (κ2) is 14.5. The van der Waals surface area contributed by atoms with Crippen molar-refractivity contribution in [3.63, 3.8) is 0 Å². The van der Waals surface area contributed by atoms with Crippen molar-refractivity contribution in [3.8, 4) is 0 Å². The predicted octanol–water partition coefficient (Wildman–Crippen LogP) is 3.75. The SMILES string of the molecule is CC[C@H]1OC(=O)[C@H](C)[C@@H](O[C@H]2C[C@@](C)(OC)[C@@H](O)[C@H](C)O2)[C@H](C)C(C(C)(C)C)[C@](C)(O)C[C@@H](C)CN(C)[C@H](C)[C@@H](O)[C@]1(C)O. The van der Waals surface area contributed by atoms with Gasteiger partial charge in [0.05, 0.1) is 29.3 Å². The molecule has 0 amide bonds. The van der Waals surface area contributed by atoms with Crippen LogP contribution in [0.3, 0.4) is 0 Å². The molecule has 1 unspecified atom stereocenters. The van der Waals surface area contributed by atoms with Crippen molar-refractivity contribution in [3.05, 3.63) is 0 Å². The maximum absolute atomic E-state index is 14.0. The Kier molecular flexibility index (Phi) is 13.0. The normalized spacial score (nSPS) is 47.9. The van der Waals surface area contributed by atoms with Gasteiger partial charge in [0.1, 0.15) is 23.9 Å². The molecule has 0 aromatic heterocycles. The van der Waals surface area contributed by atoms with E-state index in [0.717, 1.165) is 0 Å². The quantitative estimate of drug-likeness (QED) is 0.340. The monoisotopic (exact) mass is 631 g/mol. The lowest BCUT2D eigenvalue weighted by atomic mass is 9.61. The van der Waals surface area contributed by atoms with Crippen LogP contribution in [0.2, 0.25) is 0 Å². The van der Waals surface area contributed by atoms with E-state index < -0.39 is 71.5 Å². The molecule has 2 aliphatic heterocycles. The third-order valence-corrected chi connectivity index (χ3v) is 10.7. The molecule has 2 aliphatic rings. The summed E-state index contributed by atoms with van der Waals surface area (Å²) in [6.45, 7) is 23.3. The molecule has 10 heteroatoms. The second-order valence-corrected chi connectivity index (χ2v) is 15.9. The number of ether oxygens (including phenoxy) is 4. The molecule has 0 spiro atoms. The van der Waals surface area contributed by atoms with Crippen LogP contribution >= 0.6 is 0 Å². The van der Waals surface area contributed by atoms with Crippen LogP contribution in [-0.4, -0.2) is 112 Å². The number of rotatable bonds is 4.